The van der Waals surface area contributed by atoms with E-state index in [0.717, 1.165) is 30.2 Å². The molecule has 5 nitrogen and oxygen atoms in total. The van der Waals surface area contributed by atoms with E-state index >= 15 is 0 Å². The van der Waals surface area contributed by atoms with Crippen LogP contribution in [0.3, 0.4) is 0 Å². The number of rotatable bonds is 2. The number of nitrogens with zero attached hydrogens (tertiary/aromatic N) is 1. The molecule has 0 saturated carbocycles. The molecule has 2 fully saturated rings. The van der Waals surface area contributed by atoms with E-state index in [0.29, 0.717) is 23.6 Å². The monoisotopic (exact) mass is 404 g/mol. The lowest BCUT2D eigenvalue weighted by molar-refractivity contribution is -0.158. The van der Waals surface area contributed by atoms with Crippen molar-refractivity contribution < 1.29 is 14.3 Å². The van der Waals surface area contributed by atoms with E-state index in [-0.39, 0.29) is 22.9 Å². The summed E-state index contributed by atoms with van der Waals surface area (Å²) in [5, 5.41) is 1.81. The summed E-state index contributed by atoms with van der Waals surface area (Å²) in [6.45, 7) is 2.05. The van der Waals surface area contributed by atoms with Gasteiger partial charge in [-0.2, -0.15) is 0 Å². The Balaban J connectivity index is 1.34. The normalized spacial score (nSPS) is 29.9. The molecular weight excluding hydrogens is 384 g/mol. The first-order chi connectivity index (χ1) is 12.9. The zero-order valence-corrected chi connectivity index (χ0v) is 16.7. The van der Waals surface area contributed by atoms with Gasteiger partial charge in [-0.1, -0.05) is 11.6 Å². The fraction of sp³-hybridized carbons (Fsp3) is 0.500. The highest BCUT2D eigenvalue weighted by atomic mass is 35.5. The number of hydrogen-bond donors (Lipinski definition) is 1. The van der Waals surface area contributed by atoms with Crippen molar-refractivity contribution in [2.24, 2.45) is 0 Å². The number of nitrogens with one attached hydrogen (secondary N) is 1. The number of aryl methyl sites for hydroxylation is 1. The third kappa shape index (κ3) is 2.76. The summed E-state index contributed by atoms with van der Waals surface area (Å²) in [5.74, 6) is 0.441. The summed E-state index contributed by atoms with van der Waals surface area (Å²) in [4.78, 5) is 30.1. The minimum Gasteiger partial charge on any atom is -0.460 e. The summed E-state index contributed by atoms with van der Waals surface area (Å²) in [6.07, 6.45) is 3.51. The number of aromatic amines is 1. The zero-order chi connectivity index (χ0) is 18.8. The molecular formula is C20H21ClN2O3S. The van der Waals surface area contributed by atoms with E-state index in [1.54, 1.807) is 16.7 Å². The second-order valence-corrected chi connectivity index (χ2v) is 9.78. The minimum absolute atomic E-state index is 0.0710. The quantitative estimate of drug-likeness (QED) is 0.775. The third-order valence-corrected chi connectivity index (χ3v) is 7.84. The largest absolute Gasteiger partial charge is 0.460 e. The summed E-state index contributed by atoms with van der Waals surface area (Å²) in [7, 11) is 0. The molecule has 27 heavy (non-hydrogen) atoms. The first-order valence-electron chi connectivity index (χ1n) is 9.40. The van der Waals surface area contributed by atoms with Gasteiger partial charge in [0.1, 0.15) is 12.1 Å². The minimum atomic E-state index is -0.450. The number of benzene rings is 1. The maximum absolute atomic E-state index is 12.9. The number of esters is 1. The highest BCUT2D eigenvalue weighted by molar-refractivity contribution is 8.01. The third-order valence-electron chi connectivity index (χ3n) is 6.10. The van der Waals surface area contributed by atoms with Gasteiger partial charge in [-0.25, -0.2) is 4.79 Å². The number of thioether (sulfide) groups is 1. The lowest BCUT2D eigenvalue weighted by atomic mass is 9.93. The van der Waals surface area contributed by atoms with Gasteiger partial charge in [0.2, 0.25) is 5.91 Å². The fourth-order valence-electron chi connectivity index (χ4n) is 4.70. The standard InChI is InChI=1S/C20H21ClN2O3S/c1-20-7-6-18(24)23(20)17(10-27-20)19(25)26-12-3-5-16-14(9-12)13-8-11(21)2-4-15(13)22-16/h2,4,8,12,17,22H,3,5-7,9-10H2,1H3/t12-,17-,20+/m1/s1. The predicted molar refractivity (Wildman–Crippen MR) is 106 cm³/mol. The van der Waals surface area contributed by atoms with Crippen LogP contribution < -0.4 is 0 Å². The van der Waals surface area contributed by atoms with Gasteiger partial charge in [-0.3, -0.25) is 4.79 Å². The van der Waals surface area contributed by atoms with Crippen LogP contribution in [0.2, 0.25) is 5.02 Å². The van der Waals surface area contributed by atoms with Gasteiger partial charge >= 0.3 is 5.97 Å². The Morgan fingerprint density at radius 2 is 2.26 bits per heavy atom. The van der Waals surface area contributed by atoms with Gasteiger partial charge in [-0.05, 0) is 49.9 Å². The smallest absolute Gasteiger partial charge is 0.330 e. The zero-order valence-electron chi connectivity index (χ0n) is 15.1. The van der Waals surface area contributed by atoms with Crippen molar-refractivity contribution in [3.8, 4) is 0 Å². The SMILES string of the molecule is C[C@]12CCC(=O)N1[C@@H](C(=O)O[C@@H]1CCc3[nH]c4ccc(Cl)cc4c3C1)CS2. The molecule has 142 valence electrons. The molecule has 1 aromatic heterocycles. The highest BCUT2D eigenvalue weighted by Gasteiger charge is 2.53. The lowest BCUT2D eigenvalue weighted by Crippen LogP contribution is -2.47. The fourth-order valence-corrected chi connectivity index (χ4v) is 6.28. The van der Waals surface area contributed by atoms with Crippen molar-refractivity contribution in [1.29, 1.82) is 0 Å². The van der Waals surface area contributed by atoms with E-state index in [2.05, 4.69) is 11.9 Å². The number of aromatic nitrogens is 1. The van der Waals surface area contributed by atoms with Crippen molar-refractivity contribution in [3.05, 3.63) is 34.5 Å². The van der Waals surface area contributed by atoms with Crippen LogP contribution in [0.1, 0.15) is 37.4 Å². The summed E-state index contributed by atoms with van der Waals surface area (Å²) in [5.41, 5.74) is 3.47. The molecule has 1 N–H and O–H groups in total. The van der Waals surface area contributed by atoms with Crippen LogP contribution >= 0.6 is 23.4 Å². The molecule has 3 heterocycles. The number of ether oxygens (including phenoxy) is 1. The highest BCUT2D eigenvalue weighted by Crippen LogP contribution is 2.47. The molecule has 0 bridgehead atoms. The van der Waals surface area contributed by atoms with Gasteiger partial charge in [-0.15, -0.1) is 11.8 Å². The number of fused-ring (bicyclic) bond motifs is 4. The van der Waals surface area contributed by atoms with Crippen molar-refractivity contribution in [1.82, 2.24) is 9.88 Å². The summed E-state index contributed by atoms with van der Waals surface area (Å²) >= 11 is 7.86. The van der Waals surface area contributed by atoms with E-state index in [4.69, 9.17) is 16.3 Å². The molecule has 1 aliphatic carbocycles. The average molecular weight is 405 g/mol. The number of hydrogen-bond acceptors (Lipinski definition) is 4. The van der Waals surface area contributed by atoms with Crippen molar-refractivity contribution >= 4 is 46.1 Å². The van der Waals surface area contributed by atoms with Crippen LogP contribution in [0.15, 0.2) is 18.2 Å². The molecule has 3 atom stereocenters. The maximum Gasteiger partial charge on any atom is 0.330 e. The summed E-state index contributed by atoms with van der Waals surface area (Å²) in [6, 6.07) is 5.39. The molecule has 2 saturated heterocycles. The van der Waals surface area contributed by atoms with E-state index in [1.165, 1.54) is 11.3 Å². The van der Waals surface area contributed by atoms with E-state index in [9.17, 15) is 9.59 Å². The van der Waals surface area contributed by atoms with Crippen LogP contribution in [0, 0.1) is 0 Å². The van der Waals surface area contributed by atoms with Crippen LogP contribution in [0.4, 0.5) is 0 Å². The Labute approximate surface area is 166 Å². The van der Waals surface area contributed by atoms with E-state index < -0.39 is 6.04 Å². The first-order valence-corrected chi connectivity index (χ1v) is 10.8. The van der Waals surface area contributed by atoms with E-state index in [1.807, 2.05) is 18.2 Å². The van der Waals surface area contributed by atoms with Gasteiger partial charge in [0.25, 0.3) is 0 Å². The Bertz CT molecular complexity index is 958. The average Bonchev–Trinajstić information content (AvgIpc) is 3.26. The molecule has 0 spiro atoms. The molecule has 1 aromatic carbocycles. The number of carbonyl (C=O) groups excluding carboxylic acids is 2. The van der Waals surface area contributed by atoms with Crippen LogP contribution in [0.5, 0.6) is 0 Å². The maximum atomic E-state index is 12.9. The van der Waals surface area contributed by atoms with Gasteiger partial charge in [0, 0.05) is 40.2 Å². The van der Waals surface area contributed by atoms with Gasteiger partial charge < -0.3 is 14.6 Å². The lowest BCUT2D eigenvalue weighted by Gasteiger charge is -2.31. The molecule has 7 heteroatoms. The number of amides is 1. The van der Waals surface area contributed by atoms with Crippen molar-refractivity contribution in [3.63, 3.8) is 0 Å². The molecule has 3 aliphatic rings. The van der Waals surface area contributed by atoms with Crippen molar-refractivity contribution in [2.75, 3.05) is 5.75 Å². The first kappa shape index (κ1) is 17.4. The second-order valence-electron chi connectivity index (χ2n) is 7.84. The second kappa shape index (κ2) is 6.17. The molecule has 1 amide bonds. The number of halogens is 1. The van der Waals surface area contributed by atoms with Gasteiger partial charge in [0.15, 0.2) is 0 Å². The molecule has 2 aliphatic heterocycles. The van der Waals surface area contributed by atoms with Crippen LogP contribution in [0.25, 0.3) is 10.9 Å². The van der Waals surface area contributed by atoms with Crippen molar-refractivity contribution in [2.45, 2.75) is 56.0 Å². The van der Waals surface area contributed by atoms with Crippen LogP contribution in [-0.2, 0) is 27.2 Å². The van der Waals surface area contributed by atoms with Gasteiger partial charge in [0.05, 0.1) is 4.87 Å². The Morgan fingerprint density at radius 1 is 1.41 bits per heavy atom. The summed E-state index contributed by atoms with van der Waals surface area (Å²) < 4.78 is 5.89. The topological polar surface area (TPSA) is 62.4 Å². The Hall–Kier alpha value is -1.66. The molecule has 0 radical (unpaired) electrons. The number of carbonyl (C=O) groups is 2. The Morgan fingerprint density at radius 3 is 3.11 bits per heavy atom. The molecule has 2 aromatic rings. The Kier molecular flexibility index (Phi) is 3.99. The molecule has 5 rings (SSSR count). The molecule has 0 unspecified atom stereocenters. The van der Waals surface area contributed by atoms with Crippen LogP contribution in [-0.4, -0.2) is 44.5 Å². The predicted octanol–water partition coefficient (Wildman–Crippen LogP) is 3.68. The number of H-pyrrole nitrogens is 1.